The predicted octanol–water partition coefficient (Wildman–Crippen LogP) is 2.85. The monoisotopic (exact) mass is 180 g/mol. The minimum absolute atomic E-state index is 0.648. The number of rotatable bonds is 2. The lowest BCUT2D eigenvalue weighted by atomic mass is 9.80. The predicted molar refractivity (Wildman–Crippen MR) is 52.5 cm³/mol. The molecule has 3 rings (SSSR count). The molecular weight excluding hydrogens is 160 g/mol. The van der Waals surface area contributed by atoms with E-state index in [0.29, 0.717) is 6.10 Å². The average molecular weight is 180 g/mol. The standard InChI is InChI=1S/C12H20O/c1-2-13-12-7-8-6-11(12)10-5-3-4-9(8)10/h8-12H,2-7H2,1H3/t8-,9-,10-,11-,12?/m1/s1. The van der Waals surface area contributed by atoms with E-state index in [2.05, 4.69) is 6.92 Å². The Kier molecular flexibility index (Phi) is 1.90. The summed E-state index contributed by atoms with van der Waals surface area (Å²) >= 11 is 0. The Morgan fingerprint density at radius 2 is 1.92 bits per heavy atom. The average Bonchev–Trinajstić information content (AvgIpc) is 2.72. The fourth-order valence-electron chi connectivity index (χ4n) is 4.41. The molecule has 0 heterocycles. The summed E-state index contributed by atoms with van der Waals surface area (Å²) in [6, 6.07) is 0. The van der Waals surface area contributed by atoms with Gasteiger partial charge in [-0.25, -0.2) is 0 Å². The fraction of sp³-hybridized carbons (Fsp3) is 1.00. The molecule has 3 aliphatic carbocycles. The quantitative estimate of drug-likeness (QED) is 0.635. The summed E-state index contributed by atoms with van der Waals surface area (Å²) in [7, 11) is 0. The Balaban J connectivity index is 1.74. The fourth-order valence-corrected chi connectivity index (χ4v) is 4.41. The first kappa shape index (κ1) is 8.28. The van der Waals surface area contributed by atoms with Crippen LogP contribution >= 0.6 is 0 Å². The van der Waals surface area contributed by atoms with E-state index in [4.69, 9.17) is 4.74 Å². The van der Waals surface area contributed by atoms with E-state index < -0.39 is 0 Å². The molecule has 3 aliphatic rings. The Morgan fingerprint density at radius 1 is 1.08 bits per heavy atom. The second-order valence-electron chi connectivity index (χ2n) is 5.15. The summed E-state index contributed by atoms with van der Waals surface area (Å²) in [5.74, 6) is 4.18. The number of hydrogen-bond donors (Lipinski definition) is 0. The highest BCUT2D eigenvalue weighted by Gasteiger charge is 2.53. The molecule has 1 heteroatoms. The zero-order valence-corrected chi connectivity index (χ0v) is 8.54. The molecule has 74 valence electrons. The highest BCUT2D eigenvalue weighted by molar-refractivity contribution is 5.03. The smallest absolute Gasteiger partial charge is 0.0608 e. The lowest BCUT2D eigenvalue weighted by Crippen LogP contribution is -2.30. The van der Waals surface area contributed by atoms with Gasteiger partial charge in [-0.05, 0) is 56.3 Å². The van der Waals surface area contributed by atoms with Crippen LogP contribution in [0.15, 0.2) is 0 Å². The van der Waals surface area contributed by atoms with Crippen LogP contribution in [-0.2, 0) is 4.74 Å². The van der Waals surface area contributed by atoms with Crippen LogP contribution in [0.5, 0.6) is 0 Å². The molecule has 0 aromatic heterocycles. The SMILES string of the molecule is CCOC1C[C@H]2C[C@@H]1[C@@H]1CCC[C@H]21. The summed E-state index contributed by atoms with van der Waals surface area (Å²) in [5, 5.41) is 0. The van der Waals surface area contributed by atoms with Gasteiger partial charge in [0, 0.05) is 6.61 Å². The molecule has 0 N–H and O–H groups in total. The van der Waals surface area contributed by atoms with Crippen LogP contribution in [0.25, 0.3) is 0 Å². The number of ether oxygens (including phenoxy) is 1. The first-order valence-electron chi connectivity index (χ1n) is 6.01. The largest absolute Gasteiger partial charge is 0.378 e. The van der Waals surface area contributed by atoms with Crippen molar-refractivity contribution < 1.29 is 4.74 Å². The van der Waals surface area contributed by atoms with Crippen molar-refractivity contribution in [1.29, 1.82) is 0 Å². The van der Waals surface area contributed by atoms with Crippen molar-refractivity contribution in [1.82, 2.24) is 0 Å². The van der Waals surface area contributed by atoms with Gasteiger partial charge in [0.1, 0.15) is 0 Å². The highest BCUT2D eigenvalue weighted by Crippen LogP contribution is 2.59. The molecule has 0 saturated heterocycles. The van der Waals surface area contributed by atoms with Crippen LogP contribution < -0.4 is 0 Å². The summed E-state index contributed by atoms with van der Waals surface area (Å²) in [6.45, 7) is 3.06. The Bertz CT molecular complexity index is 201. The lowest BCUT2D eigenvalue weighted by molar-refractivity contribution is -0.00383. The minimum Gasteiger partial charge on any atom is -0.378 e. The van der Waals surface area contributed by atoms with Crippen LogP contribution in [0, 0.1) is 23.7 Å². The third-order valence-corrected chi connectivity index (χ3v) is 4.75. The van der Waals surface area contributed by atoms with Gasteiger partial charge in [0.25, 0.3) is 0 Å². The third kappa shape index (κ3) is 1.09. The molecule has 0 radical (unpaired) electrons. The normalized spacial score (nSPS) is 52.8. The Labute approximate surface area is 80.8 Å². The summed E-state index contributed by atoms with van der Waals surface area (Å²) in [6.07, 6.45) is 8.08. The van der Waals surface area contributed by atoms with Crippen molar-refractivity contribution in [3.63, 3.8) is 0 Å². The van der Waals surface area contributed by atoms with Gasteiger partial charge in [-0.15, -0.1) is 0 Å². The van der Waals surface area contributed by atoms with Crippen LogP contribution in [0.2, 0.25) is 0 Å². The number of fused-ring (bicyclic) bond motifs is 5. The maximum Gasteiger partial charge on any atom is 0.0608 e. The van der Waals surface area contributed by atoms with Gasteiger partial charge in [0.2, 0.25) is 0 Å². The van der Waals surface area contributed by atoms with Gasteiger partial charge in [-0.2, -0.15) is 0 Å². The second-order valence-corrected chi connectivity index (χ2v) is 5.15. The van der Waals surface area contributed by atoms with Gasteiger partial charge in [0.15, 0.2) is 0 Å². The van der Waals surface area contributed by atoms with Crippen LogP contribution in [0.4, 0.5) is 0 Å². The molecule has 0 spiro atoms. The van der Waals surface area contributed by atoms with Crippen LogP contribution in [-0.4, -0.2) is 12.7 Å². The van der Waals surface area contributed by atoms with E-state index >= 15 is 0 Å². The van der Waals surface area contributed by atoms with Gasteiger partial charge < -0.3 is 4.74 Å². The lowest BCUT2D eigenvalue weighted by Gasteiger charge is -2.31. The van der Waals surface area contributed by atoms with Crippen molar-refractivity contribution in [3.05, 3.63) is 0 Å². The summed E-state index contributed by atoms with van der Waals surface area (Å²) in [4.78, 5) is 0. The van der Waals surface area contributed by atoms with Crippen LogP contribution in [0.1, 0.15) is 39.0 Å². The second kappa shape index (κ2) is 2.98. The van der Waals surface area contributed by atoms with E-state index in [1.165, 1.54) is 32.1 Å². The molecule has 0 amide bonds. The Morgan fingerprint density at radius 3 is 2.77 bits per heavy atom. The highest BCUT2D eigenvalue weighted by atomic mass is 16.5. The van der Waals surface area contributed by atoms with Gasteiger partial charge in [-0.1, -0.05) is 6.42 Å². The van der Waals surface area contributed by atoms with E-state index in [9.17, 15) is 0 Å². The number of hydrogen-bond acceptors (Lipinski definition) is 1. The molecule has 2 bridgehead atoms. The van der Waals surface area contributed by atoms with Crippen molar-refractivity contribution in [3.8, 4) is 0 Å². The zero-order chi connectivity index (χ0) is 8.84. The maximum absolute atomic E-state index is 5.84. The molecule has 0 aromatic carbocycles. The van der Waals surface area contributed by atoms with E-state index in [-0.39, 0.29) is 0 Å². The van der Waals surface area contributed by atoms with Gasteiger partial charge in [0.05, 0.1) is 6.10 Å². The van der Waals surface area contributed by atoms with Gasteiger partial charge in [-0.3, -0.25) is 0 Å². The summed E-state index contributed by atoms with van der Waals surface area (Å²) in [5.41, 5.74) is 0. The molecule has 3 fully saturated rings. The molecule has 13 heavy (non-hydrogen) atoms. The summed E-state index contributed by atoms with van der Waals surface area (Å²) < 4.78 is 5.84. The van der Waals surface area contributed by atoms with E-state index in [1.807, 2.05) is 0 Å². The van der Waals surface area contributed by atoms with Crippen molar-refractivity contribution in [2.75, 3.05) is 6.61 Å². The minimum atomic E-state index is 0.648. The zero-order valence-electron chi connectivity index (χ0n) is 8.54. The van der Waals surface area contributed by atoms with Gasteiger partial charge >= 0.3 is 0 Å². The van der Waals surface area contributed by atoms with Crippen LogP contribution in [0.3, 0.4) is 0 Å². The van der Waals surface area contributed by atoms with Crippen molar-refractivity contribution in [2.24, 2.45) is 23.7 Å². The molecule has 0 aromatic rings. The molecule has 1 unspecified atom stereocenters. The first-order valence-corrected chi connectivity index (χ1v) is 6.01. The molecular formula is C12H20O. The molecule has 5 atom stereocenters. The van der Waals surface area contributed by atoms with Crippen molar-refractivity contribution >= 4 is 0 Å². The first-order chi connectivity index (χ1) is 6.40. The van der Waals surface area contributed by atoms with E-state index in [1.54, 1.807) is 0 Å². The topological polar surface area (TPSA) is 9.23 Å². The molecule has 1 nitrogen and oxygen atoms in total. The maximum atomic E-state index is 5.84. The third-order valence-electron chi connectivity index (χ3n) is 4.75. The van der Waals surface area contributed by atoms with E-state index in [0.717, 1.165) is 30.3 Å². The molecule has 3 saturated carbocycles. The molecule has 0 aliphatic heterocycles. The van der Waals surface area contributed by atoms with Crippen molar-refractivity contribution in [2.45, 2.75) is 45.1 Å². The Hall–Kier alpha value is -0.0400.